The number of sulfonamides is 1. The quantitative estimate of drug-likeness (QED) is 0.384. The number of benzene rings is 1. The van der Waals surface area contributed by atoms with Crippen molar-refractivity contribution in [3.05, 3.63) is 63.2 Å². The van der Waals surface area contributed by atoms with Crippen molar-refractivity contribution >= 4 is 50.6 Å². The average Bonchev–Trinajstić information content (AvgIpc) is 3.11. The predicted octanol–water partition coefficient (Wildman–Crippen LogP) is 0.648. The molecule has 15 heteroatoms. The molecule has 1 N–H and O–H groups in total. The van der Waals surface area contributed by atoms with Gasteiger partial charge >= 0.3 is 10.7 Å². The molecule has 3 aromatic rings. The highest BCUT2D eigenvalue weighted by molar-refractivity contribution is 7.89. The molecule has 168 valence electrons. The lowest BCUT2D eigenvalue weighted by molar-refractivity contribution is -0.764. The summed E-state index contributed by atoms with van der Waals surface area (Å²) in [6, 6.07) is 4.48. The SMILES string of the molecule is N=c1o[n-][n+](N2CCN(S(=O)(=O)c3ccc(Cl)cc3Cl)CC2C(=O)c2ncccn2)c1Cl. The molecule has 1 saturated heterocycles. The van der Waals surface area contributed by atoms with Gasteiger partial charge in [-0.3, -0.25) is 15.2 Å². The molecule has 32 heavy (non-hydrogen) atoms. The molecular formula is C17H14Cl3N7O4S. The van der Waals surface area contributed by atoms with E-state index >= 15 is 0 Å². The Morgan fingerprint density at radius 3 is 2.56 bits per heavy atom. The van der Waals surface area contributed by atoms with Crippen LogP contribution in [0, 0.1) is 5.41 Å². The molecule has 0 radical (unpaired) electrons. The van der Waals surface area contributed by atoms with E-state index in [-0.39, 0.29) is 45.6 Å². The first-order valence-corrected chi connectivity index (χ1v) is 11.6. The second kappa shape index (κ2) is 8.79. The maximum Gasteiger partial charge on any atom is 0.360 e. The molecule has 1 unspecified atom stereocenters. The maximum atomic E-state index is 13.3. The number of ketones is 1. The summed E-state index contributed by atoms with van der Waals surface area (Å²) < 4.78 is 32.5. The maximum absolute atomic E-state index is 13.3. The summed E-state index contributed by atoms with van der Waals surface area (Å²) in [6.07, 6.45) is 2.79. The van der Waals surface area contributed by atoms with Crippen molar-refractivity contribution in [2.24, 2.45) is 0 Å². The smallest absolute Gasteiger partial charge is 0.360 e. The van der Waals surface area contributed by atoms with Crippen molar-refractivity contribution in [3.63, 3.8) is 0 Å². The number of Topliss-reactive ketones (excluding diaryl/α,β-unsaturated/α-hetero) is 1. The lowest BCUT2D eigenvalue weighted by Crippen LogP contribution is -2.73. The third-order valence-electron chi connectivity index (χ3n) is 4.73. The van der Waals surface area contributed by atoms with Gasteiger partial charge in [-0.1, -0.05) is 28.0 Å². The number of nitrogens with zero attached hydrogens (tertiary/aromatic N) is 6. The molecule has 3 heterocycles. The van der Waals surface area contributed by atoms with E-state index in [1.165, 1.54) is 35.6 Å². The van der Waals surface area contributed by atoms with Crippen molar-refractivity contribution in [3.8, 4) is 0 Å². The lowest BCUT2D eigenvalue weighted by atomic mass is 10.1. The number of hydrogen-bond donors (Lipinski definition) is 1. The zero-order valence-electron chi connectivity index (χ0n) is 16.0. The molecule has 0 saturated carbocycles. The number of rotatable bonds is 5. The fraction of sp³-hybridized carbons (Fsp3) is 0.235. The molecule has 4 rings (SSSR count). The van der Waals surface area contributed by atoms with Gasteiger partial charge in [-0.05, 0) is 41.1 Å². The predicted molar refractivity (Wildman–Crippen MR) is 112 cm³/mol. The summed E-state index contributed by atoms with van der Waals surface area (Å²) in [5, 5.41) is 12.8. The van der Waals surface area contributed by atoms with Crippen LogP contribution in [0.25, 0.3) is 0 Å². The van der Waals surface area contributed by atoms with E-state index < -0.39 is 27.4 Å². The molecule has 0 amide bonds. The van der Waals surface area contributed by atoms with Gasteiger partial charge in [0.15, 0.2) is 5.82 Å². The summed E-state index contributed by atoms with van der Waals surface area (Å²) in [5.74, 6) is -0.677. The molecule has 2 aromatic heterocycles. The summed E-state index contributed by atoms with van der Waals surface area (Å²) in [5.41, 5.74) is -0.406. The Morgan fingerprint density at radius 2 is 1.94 bits per heavy atom. The molecular weight excluding hydrogens is 505 g/mol. The first-order valence-electron chi connectivity index (χ1n) is 9.02. The third kappa shape index (κ3) is 4.11. The summed E-state index contributed by atoms with van der Waals surface area (Å²) in [4.78, 5) is 22.1. The molecule has 1 fully saturated rings. The van der Waals surface area contributed by atoms with Crippen LogP contribution in [0.3, 0.4) is 0 Å². The summed E-state index contributed by atoms with van der Waals surface area (Å²) in [6.45, 7) is -0.295. The van der Waals surface area contributed by atoms with Gasteiger partial charge in [0.2, 0.25) is 15.8 Å². The van der Waals surface area contributed by atoms with Crippen LogP contribution in [0.15, 0.2) is 46.1 Å². The molecule has 1 aliphatic heterocycles. The number of carbonyl (C=O) groups excluding carboxylic acids is 1. The van der Waals surface area contributed by atoms with E-state index in [2.05, 4.69) is 15.2 Å². The Morgan fingerprint density at radius 1 is 1.22 bits per heavy atom. The zero-order valence-corrected chi connectivity index (χ0v) is 19.1. The lowest BCUT2D eigenvalue weighted by Gasteiger charge is -2.40. The Bertz CT molecular complexity index is 1330. The molecule has 0 aliphatic carbocycles. The van der Waals surface area contributed by atoms with E-state index in [1.54, 1.807) is 6.07 Å². The number of nitrogens with one attached hydrogen (secondary N) is 1. The number of piperazine rings is 1. The standard InChI is InChI=1S/C17H14Cl3N7O4S/c18-10-2-3-13(11(19)8-10)32(29,30)25-6-7-26(27-15(20)16(21)31-24-27)12(9-25)14(28)17-22-4-1-5-23-17/h1-5,8,12,21H,6-7,9H2. The third-order valence-corrected chi connectivity index (χ3v) is 7.64. The zero-order chi connectivity index (χ0) is 23.0. The van der Waals surface area contributed by atoms with Gasteiger partial charge in [-0.2, -0.15) is 4.31 Å². The van der Waals surface area contributed by atoms with Crippen molar-refractivity contribution in [1.82, 2.24) is 19.5 Å². The molecule has 0 bridgehead atoms. The largest absolute Gasteiger partial charge is 0.379 e. The number of halogens is 3. The van der Waals surface area contributed by atoms with Crippen molar-refractivity contribution in [2.75, 3.05) is 24.6 Å². The highest BCUT2D eigenvalue weighted by Gasteiger charge is 2.40. The Kier molecular flexibility index (Phi) is 6.23. The second-order valence-electron chi connectivity index (χ2n) is 6.64. The van der Waals surface area contributed by atoms with E-state index in [9.17, 15) is 13.2 Å². The van der Waals surface area contributed by atoms with Crippen LogP contribution in [-0.4, -0.2) is 54.2 Å². The fourth-order valence-corrected chi connectivity index (χ4v) is 5.56. The summed E-state index contributed by atoms with van der Waals surface area (Å²) in [7, 11) is -4.07. The Hall–Kier alpha value is -2.51. The van der Waals surface area contributed by atoms with Gasteiger partial charge in [-0.25, -0.2) is 18.4 Å². The monoisotopic (exact) mass is 517 g/mol. The van der Waals surface area contributed by atoms with Crippen LogP contribution >= 0.6 is 34.8 Å². The van der Waals surface area contributed by atoms with Crippen molar-refractivity contribution in [1.29, 1.82) is 5.41 Å². The van der Waals surface area contributed by atoms with Crippen molar-refractivity contribution in [2.45, 2.75) is 10.9 Å². The minimum Gasteiger partial charge on any atom is -0.379 e. The van der Waals surface area contributed by atoms with Crippen LogP contribution < -0.4 is 20.6 Å². The van der Waals surface area contributed by atoms with E-state index in [0.717, 1.165) is 9.10 Å². The summed E-state index contributed by atoms with van der Waals surface area (Å²) >= 11 is 18.1. The van der Waals surface area contributed by atoms with Gasteiger partial charge in [0.05, 0.1) is 11.1 Å². The number of hydrogen-bond acceptors (Lipinski definition) is 8. The molecule has 1 atom stereocenters. The molecule has 0 spiro atoms. The van der Waals surface area contributed by atoms with Gasteiger partial charge in [0.25, 0.3) is 0 Å². The molecule has 1 aliphatic rings. The van der Waals surface area contributed by atoms with Crippen LogP contribution in [0.4, 0.5) is 0 Å². The van der Waals surface area contributed by atoms with Gasteiger partial charge < -0.3 is 4.52 Å². The van der Waals surface area contributed by atoms with E-state index in [0.29, 0.717) is 0 Å². The topological polar surface area (TPSA) is 138 Å². The second-order valence-corrected chi connectivity index (χ2v) is 9.74. The minimum absolute atomic E-state index is 0.00401. The normalized spacial score (nSPS) is 17.5. The average molecular weight is 519 g/mol. The van der Waals surface area contributed by atoms with E-state index in [4.69, 9.17) is 44.7 Å². The molecule has 1 aromatic carbocycles. The Balaban J connectivity index is 1.73. The Labute approximate surface area is 196 Å². The van der Waals surface area contributed by atoms with Crippen LogP contribution in [0.1, 0.15) is 10.6 Å². The van der Waals surface area contributed by atoms with Crippen LogP contribution in [0.2, 0.25) is 15.2 Å². The van der Waals surface area contributed by atoms with Gasteiger partial charge in [0, 0.05) is 37.1 Å². The first-order chi connectivity index (χ1) is 15.2. The van der Waals surface area contributed by atoms with Gasteiger partial charge in [-0.15, -0.1) is 0 Å². The van der Waals surface area contributed by atoms with Crippen molar-refractivity contribution < 1.29 is 22.5 Å². The van der Waals surface area contributed by atoms with E-state index in [1.807, 2.05) is 0 Å². The fourth-order valence-electron chi connectivity index (χ4n) is 3.21. The van der Waals surface area contributed by atoms with Crippen LogP contribution in [0.5, 0.6) is 0 Å². The molecule has 11 nitrogen and oxygen atoms in total. The minimum atomic E-state index is -4.07. The number of aromatic nitrogens is 4. The first kappa shape index (κ1) is 22.7. The number of carbonyl (C=O) groups is 1. The highest BCUT2D eigenvalue weighted by Crippen LogP contribution is 2.28. The van der Waals surface area contributed by atoms with Crippen LogP contribution in [-0.2, 0) is 10.0 Å². The highest BCUT2D eigenvalue weighted by atomic mass is 35.5. The van der Waals surface area contributed by atoms with Gasteiger partial charge in [0.1, 0.15) is 4.90 Å².